The topological polar surface area (TPSA) is 90.8 Å². The van der Waals surface area contributed by atoms with E-state index >= 15 is 0 Å². The summed E-state index contributed by atoms with van der Waals surface area (Å²) >= 11 is 5.86. The van der Waals surface area contributed by atoms with E-state index < -0.39 is 5.91 Å². The largest absolute Gasteiger partial charge is 0.507 e. The Balaban J connectivity index is 1.60. The minimum absolute atomic E-state index is 0.0508. The molecule has 1 aliphatic rings. The number of phenolic OH excluding ortho intramolecular Hbond substituents is 1. The van der Waals surface area contributed by atoms with Crippen LogP contribution in [0.25, 0.3) is 0 Å². The molecule has 0 spiro atoms. The monoisotopic (exact) mass is 413 g/mol. The fourth-order valence-corrected chi connectivity index (χ4v) is 3.53. The predicted molar refractivity (Wildman–Crippen MR) is 114 cm³/mol. The highest BCUT2D eigenvalue weighted by Gasteiger charge is 2.21. The summed E-state index contributed by atoms with van der Waals surface area (Å²) in [4.78, 5) is 24.5. The van der Waals surface area contributed by atoms with Crippen LogP contribution in [0.2, 0.25) is 5.02 Å². The molecular weight excluding hydrogens is 390 g/mol. The van der Waals surface area contributed by atoms with E-state index in [-0.39, 0.29) is 23.1 Å². The second-order valence-corrected chi connectivity index (χ2v) is 7.64. The molecule has 2 amide bonds. The standard InChI is InChI=1S/C22H24ClN3O3/c1-14(25-26-22(29)19-13-17(23)9-12-20(19)27)15-7-10-18(11-8-15)24-21(28)16-5-3-2-4-6-16/h7-13,16,27H,2-6H2,1H3,(H,24,28)(H,26,29)/b25-14-. The molecular formula is C22H24ClN3O3. The van der Waals surface area contributed by atoms with Gasteiger partial charge in [0.2, 0.25) is 5.91 Å². The van der Waals surface area contributed by atoms with Crippen molar-refractivity contribution in [2.24, 2.45) is 11.0 Å². The Morgan fingerprint density at radius 1 is 1.07 bits per heavy atom. The van der Waals surface area contributed by atoms with Gasteiger partial charge in [0, 0.05) is 16.6 Å². The predicted octanol–water partition coefficient (Wildman–Crippen LogP) is 4.72. The molecule has 0 aliphatic heterocycles. The Kier molecular flexibility index (Phi) is 6.88. The number of amides is 2. The molecule has 0 bridgehead atoms. The molecule has 152 valence electrons. The van der Waals surface area contributed by atoms with Crippen molar-refractivity contribution in [2.75, 3.05) is 5.32 Å². The van der Waals surface area contributed by atoms with Crippen molar-refractivity contribution in [3.8, 4) is 5.75 Å². The maximum Gasteiger partial charge on any atom is 0.275 e. The number of rotatable bonds is 5. The molecule has 0 saturated heterocycles. The number of aromatic hydroxyl groups is 1. The normalized spacial score (nSPS) is 15.0. The van der Waals surface area contributed by atoms with Crippen molar-refractivity contribution in [1.29, 1.82) is 0 Å². The third kappa shape index (κ3) is 5.57. The lowest BCUT2D eigenvalue weighted by Gasteiger charge is -2.20. The average molecular weight is 414 g/mol. The number of hydrazone groups is 1. The van der Waals surface area contributed by atoms with Crippen LogP contribution in [0.4, 0.5) is 5.69 Å². The van der Waals surface area contributed by atoms with Crippen LogP contribution in [-0.2, 0) is 4.79 Å². The van der Waals surface area contributed by atoms with Crippen molar-refractivity contribution in [1.82, 2.24) is 5.43 Å². The fraction of sp³-hybridized carbons (Fsp3) is 0.318. The van der Waals surface area contributed by atoms with Crippen LogP contribution in [0.1, 0.15) is 54.9 Å². The molecule has 2 aromatic carbocycles. The van der Waals surface area contributed by atoms with E-state index in [1.165, 1.54) is 24.6 Å². The van der Waals surface area contributed by atoms with Gasteiger partial charge in [-0.3, -0.25) is 9.59 Å². The summed E-state index contributed by atoms with van der Waals surface area (Å²) in [6.45, 7) is 1.76. The molecule has 1 saturated carbocycles. The Morgan fingerprint density at radius 3 is 2.45 bits per heavy atom. The van der Waals surface area contributed by atoms with Gasteiger partial charge in [-0.1, -0.05) is 43.0 Å². The van der Waals surface area contributed by atoms with E-state index in [1.807, 2.05) is 24.3 Å². The first kappa shape index (κ1) is 20.9. The van der Waals surface area contributed by atoms with Crippen molar-refractivity contribution < 1.29 is 14.7 Å². The maximum absolute atomic E-state index is 12.3. The highest BCUT2D eigenvalue weighted by Crippen LogP contribution is 2.25. The average Bonchev–Trinajstić information content (AvgIpc) is 2.74. The first-order valence-corrected chi connectivity index (χ1v) is 10.1. The van der Waals surface area contributed by atoms with Crippen LogP contribution < -0.4 is 10.7 Å². The molecule has 0 aromatic heterocycles. The lowest BCUT2D eigenvalue weighted by molar-refractivity contribution is -0.120. The van der Waals surface area contributed by atoms with E-state index in [1.54, 1.807) is 6.92 Å². The number of nitrogens with zero attached hydrogens (tertiary/aromatic N) is 1. The van der Waals surface area contributed by atoms with Gasteiger partial charge >= 0.3 is 0 Å². The first-order valence-electron chi connectivity index (χ1n) is 9.68. The Hall–Kier alpha value is -2.86. The zero-order valence-electron chi connectivity index (χ0n) is 16.2. The minimum Gasteiger partial charge on any atom is -0.507 e. The summed E-state index contributed by atoms with van der Waals surface area (Å²) in [6.07, 6.45) is 5.36. The van der Waals surface area contributed by atoms with Crippen LogP contribution >= 0.6 is 11.6 Å². The van der Waals surface area contributed by atoms with Gasteiger partial charge in [0.15, 0.2) is 0 Å². The lowest BCUT2D eigenvalue weighted by Crippen LogP contribution is -2.24. The second kappa shape index (κ2) is 9.56. The third-order valence-corrected chi connectivity index (χ3v) is 5.31. The Morgan fingerprint density at radius 2 is 1.76 bits per heavy atom. The molecule has 2 aromatic rings. The van der Waals surface area contributed by atoms with Crippen LogP contribution in [0.3, 0.4) is 0 Å². The highest BCUT2D eigenvalue weighted by atomic mass is 35.5. The molecule has 3 N–H and O–H groups in total. The zero-order valence-corrected chi connectivity index (χ0v) is 17.0. The van der Waals surface area contributed by atoms with Gasteiger partial charge in [0.05, 0.1) is 11.3 Å². The fourth-order valence-electron chi connectivity index (χ4n) is 3.35. The number of phenols is 1. The quantitative estimate of drug-likeness (QED) is 0.489. The number of hydrogen-bond donors (Lipinski definition) is 3. The molecule has 1 aliphatic carbocycles. The molecule has 0 heterocycles. The van der Waals surface area contributed by atoms with Crippen LogP contribution in [-0.4, -0.2) is 22.6 Å². The second-order valence-electron chi connectivity index (χ2n) is 7.20. The molecule has 0 radical (unpaired) electrons. The Labute approximate surface area is 175 Å². The SMILES string of the molecule is C/C(=N/NC(=O)c1cc(Cl)ccc1O)c1ccc(NC(=O)C2CCCCC2)cc1. The van der Waals surface area contributed by atoms with E-state index in [2.05, 4.69) is 15.8 Å². The molecule has 3 rings (SSSR count). The number of carbonyl (C=O) groups excluding carboxylic acids is 2. The number of anilines is 1. The lowest BCUT2D eigenvalue weighted by atomic mass is 9.88. The molecule has 6 nitrogen and oxygen atoms in total. The van der Waals surface area contributed by atoms with Gasteiger partial charge in [0.1, 0.15) is 5.75 Å². The summed E-state index contributed by atoms with van der Waals surface area (Å²) in [5, 5.41) is 17.2. The van der Waals surface area contributed by atoms with Crippen LogP contribution in [0, 0.1) is 5.92 Å². The first-order chi connectivity index (χ1) is 13.9. The molecule has 29 heavy (non-hydrogen) atoms. The van der Waals surface area contributed by atoms with Crippen LogP contribution in [0.15, 0.2) is 47.6 Å². The molecule has 0 unspecified atom stereocenters. The van der Waals surface area contributed by atoms with E-state index in [4.69, 9.17) is 11.6 Å². The van der Waals surface area contributed by atoms with Gasteiger partial charge < -0.3 is 10.4 Å². The maximum atomic E-state index is 12.3. The van der Waals surface area contributed by atoms with Crippen LogP contribution in [0.5, 0.6) is 5.75 Å². The summed E-state index contributed by atoms with van der Waals surface area (Å²) in [7, 11) is 0. The number of carbonyl (C=O) groups is 2. The van der Waals surface area contributed by atoms with Gasteiger partial charge in [-0.05, 0) is 55.7 Å². The minimum atomic E-state index is -0.555. The van der Waals surface area contributed by atoms with Crippen molar-refractivity contribution in [3.63, 3.8) is 0 Å². The summed E-state index contributed by atoms with van der Waals surface area (Å²) in [6, 6.07) is 11.5. The van der Waals surface area contributed by atoms with Crippen molar-refractivity contribution in [3.05, 3.63) is 58.6 Å². The van der Waals surface area contributed by atoms with Gasteiger partial charge in [0.25, 0.3) is 5.91 Å². The summed E-state index contributed by atoms with van der Waals surface area (Å²) < 4.78 is 0. The number of halogens is 1. The van der Waals surface area contributed by atoms with E-state index in [9.17, 15) is 14.7 Å². The summed E-state index contributed by atoms with van der Waals surface area (Å²) in [5.74, 6) is -0.542. The zero-order chi connectivity index (χ0) is 20.8. The molecule has 0 atom stereocenters. The Bertz CT molecular complexity index is 919. The van der Waals surface area contributed by atoms with E-state index in [0.29, 0.717) is 10.7 Å². The molecule has 7 heteroatoms. The molecule has 1 fully saturated rings. The number of hydrogen-bond acceptors (Lipinski definition) is 4. The summed E-state index contributed by atoms with van der Waals surface area (Å²) in [5.41, 5.74) is 4.60. The van der Waals surface area contributed by atoms with Gasteiger partial charge in [-0.2, -0.15) is 5.10 Å². The third-order valence-electron chi connectivity index (χ3n) is 5.07. The van der Waals surface area contributed by atoms with Gasteiger partial charge in [-0.15, -0.1) is 0 Å². The van der Waals surface area contributed by atoms with Crippen molar-refractivity contribution >= 4 is 34.8 Å². The smallest absolute Gasteiger partial charge is 0.275 e. The highest BCUT2D eigenvalue weighted by molar-refractivity contribution is 6.31. The number of nitrogens with one attached hydrogen (secondary N) is 2. The number of benzene rings is 2. The van der Waals surface area contributed by atoms with Crippen molar-refractivity contribution in [2.45, 2.75) is 39.0 Å². The van der Waals surface area contributed by atoms with E-state index in [0.717, 1.165) is 36.9 Å². The van der Waals surface area contributed by atoms with Gasteiger partial charge in [-0.25, -0.2) is 5.43 Å².